The van der Waals surface area contributed by atoms with Crippen molar-refractivity contribution in [3.8, 4) is 0 Å². The van der Waals surface area contributed by atoms with Crippen LogP contribution in [0.2, 0.25) is 0 Å². The second-order valence-corrected chi connectivity index (χ2v) is 5.23. The van der Waals surface area contributed by atoms with Crippen molar-refractivity contribution in [1.82, 2.24) is 9.55 Å². The number of Topliss-reactive ketones (excluding diaryl/α,β-unsaturated/α-hetero) is 1. The number of rotatable bonds is 5. The van der Waals surface area contributed by atoms with Crippen molar-refractivity contribution in [2.24, 2.45) is 0 Å². The van der Waals surface area contributed by atoms with Gasteiger partial charge in [-0.15, -0.1) is 0 Å². The molecule has 0 amide bonds. The van der Waals surface area contributed by atoms with Crippen molar-refractivity contribution in [1.29, 1.82) is 0 Å². The zero-order chi connectivity index (χ0) is 13.0. The number of aryl methyl sites for hydroxylation is 1. The molecule has 1 saturated carbocycles. The highest BCUT2D eigenvalue weighted by atomic mass is 16.3. The predicted octanol–water partition coefficient (Wildman–Crippen LogP) is 2.10. The van der Waals surface area contributed by atoms with E-state index in [-0.39, 0.29) is 12.2 Å². The van der Waals surface area contributed by atoms with E-state index >= 15 is 0 Å². The van der Waals surface area contributed by atoms with E-state index in [9.17, 15) is 9.90 Å². The predicted molar refractivity (Wildman–Crippen MR) is 69.3 cm³/mol. The lowest BCUT2D eigenvalue weighted by Gasteiger charge is -2.30. The molecule has 100 valence electrons. The minimum Gasteiger partial charge on any atom is -0.382 e. The van der Waals surface area contributed by atoms with Gasteiger partial charge in [-0.2, -0.15) is 0 Å². The molecule has 1 aliphatic carbocycles. The molecule has 0 bridgehead atoms. The van der Waals surface area contributed by atoms with Gasteiger partial charge in [0, 0.05) is 18.9 Å². The lowest BCUT2D eigenvalue weighted by atomic mass is 9.81. The summed E-state index contributed by atoms with van der Waals surface area (Å²) in [6, 6.07) is 0. The Hall–Kier alpha value is -1.16. The first-order chi connectivity index (χ1) is 8.65. The number of carbonyl (C=O) groups is 1. The average Bonchev–Trinajstić information content (AvgIpc) is 2.78. The fraction of sp³-hybridized carbons (Fsp3) is 0.714. The summed E-state index contributed by atoms with van der Waals surface area (Å²) in [5.41, 5.74) is -1.10. The number of nitrogens with zero attached hydrogens (tertiary/aromatic N) is 2. The summed E-state index contributed by atoms with van der Waals surface area (Å²) in [5, 5.41) is 10.4. The van der Waals surface area contributed by atoms with Gasteiger partial charge < -0.3 is 9.67 Å². The van der Waals surface area contributed by atoms with Crippen LogP contribution in [0.5, 0.6) is 0 Å². The number of aromatic nitrogens is 2. The highest BCUT2D eigenvalue weighted by Gasteiger charge is 2.36. The van der Waals surface area contributed by atoms with Crippen LogP contribution in [0.4, 0.5) is 0 Å². The fourth-order valence-corrected chi connectivity index (χ4v) is 2.68. The van der Waals surface area contributed by atoms with Gasteiger partial charge in [-0.3, -0.25) is 4.79 Å². The molecule has 4 heteroatoms. The topological polar surface area (TPSA) is 55.1 Å². The molecule has 1 aromatic heterocycles. The third kappa shape index (κ3) is 2.80. The van der Waals surface area contributed by atoms with Gasteiger partial charge in [0.15, 0.2) is 5.78 Å². The van der Waals surface area contributed by atoms with Crippen molar-refractivity contribution in [2.75, 3.05) is 0 Å². The summed E-state index contributed by atoms with van der Waals surface area (Å²) < 4.78 is 2.00. The second-order valence-electron chi connectivity index (χ2n) is 5.23. The van der Waals surface area contributed by atoms with Gasteiger partial charge in [-0.05, 0) is 19.3 Å². The summed E-state index contributed by atoms with van der Waals surface area (Å²) in [4.78, 5) is 16.5. The summed E-state index contributed by atoms with van der Waals surface area (Å²) in [7, 11) is 0. The fourth-order valence-electron chi connectivity index (χ4n) is 2.68. The molecule has 0 saturated heterocycles. The molecule has 0 aromatic carbocycles. The smallest absolute Gasteiger partial charge is 0.171 e. The summed E-state index contributed by atoms with van der Waals surface area (Å²) >= 11 is 0. The number of hydrogen-bond donors (Lipinski definition) is 1. The van der Waals surface area contributed by atoms with Gasteiger partial charge in [0.1, 0.15) is 11.4 Å². The molecule has 18 heavy (non-hydrogen) atoms. The Morgan fingerprint density at radius 3 is 2.83 bits per heavy atom. The lowest BCUT2D eigenvalue weighted by molar-refractivity contribution is -0.140. The van der Waals surface area contributed by atoms with Crippen LogP contribution < -0.4 is 0 Å². The molecular formula is C14H22N2O2. The van der Waals surface area contributed by atoms with Crippen LogP contribution in [0.3, 0.4) is 0 Å². The zero-order valence-corrected chi connectivity index (χ0v) is 11.1. The molecule has 1 fully saturated rings. The van der Waals surface area contributed by atoms with Gasteiger partial charge in [0.2, 0.25) is 0 Å². The molecule has 1 N–H and O–H groups in total. The van der Waals surface area contributed by atoms with Crippen LogP contribution in [0.15, 0.2) is 12.4 Å². The van der Waals surface area contributed by atoms with Crippen LogP contribution in [-0.4, -0.2) is 26.0 Å². The number of imidazole rings is 1. The maximum Gasteiger partial charge on any atom is 0.171 e. The van der Waals surface area contributed by atoms with E-state index in [4.69, 9.17) is 0 Å². The average molecular weight is 250 g/mol. The largest absolute Gasteiger partial charge is 0.382 e. The number of hydrogen-bond acceptors (Lipinski definition) is 3. The molecule has 0 spiro atoms. The maximum atomic E-state index is 12.2. The van der Waals surface area contributed by atoms with Crippen molar-refractivity contribution in [2.45, 2.75) is 64.0 Å². The molecule has 4 nitrogen and oxygen atoms in total. The third-order valence-electron chi connectivity index (χ3n) is 3.78. The third-order valence-corrected chi connectivity index (χ3v) is 3.78. The van der Waals surface area contributed by atoms with Crippen molar-refractivity contribution >= 4 is 5.78 Å². The Kier molecular flexibility index (Phi) is 4.17. The van der Waals surface area contributed by atoms with E-state index in [2.05, 4.69) is 11.9 Å². The van der Waals surface area contributed by atoms with Crippen molar-refractivity contribution in [3.05, 3.63) is 18.2 Å². The monoisotopic (exact) mass is 250 g/mol. The zero-order valence-electron chi connectivity index (χ0n) is 11.1. The summed E-state index contributed by atoms with van der Waals surface area (Å²) in [6.07, 6.45) is 9.14. The maximum absolute atomic E-state index is 12.2. The highest BCUT2D eigenvalue weighted by Crippen LogP contribution is 2.29. The number of aliphatic hydroxyl groups is 1. The Bertz CT molecular complexity index is 406. The Balaban J connectivity index is 2.03. The SMILES string of the molecule is CCCn1ccnc1CC(=O)C1(O)CCCCC1. The standard InChI is InChI=1S/C14H22N2O2/c1-2-9-16-10-8-15-13(16)11-12(17)14(18)6-4-3-5-7-14/h8,10,18H,2-7,9,11H2,1H3. The van der Waals surface area contributed by atoms with Gasteiger partial charge in [0.05, 0.1) is 6.42 Å². The highest BCUT2D eigenvalue weighted by molar-refractivity contribution is 5.88. The number of carbonyl (C=O) groups excluding carboxylic acids is 1. The van der Waals surface area contributed by atoms with Gasteiger partial charge in [-0.1, -0.05) is 26.2 Å². The van der Waals surface area contributed by atoms with E-state index in [1.807, 2.05) is 10.8 Å². The molecule has 0 unspecified atom stereocenters. The van der Waals surface area contributed by atoms with Gasteiger partial charge in [0.25, 0.3) is 0 Å². The first-order valence-electron chi connectivity index (χ1n) is 6.91. The first kappa shape index (κ1) is 13.3. The van der Waals surface area contributed by atoms with Crippen molar-refractivity contribution < 1.29 is 9.90 Å². The van der Waals surface area contributed by atoms with Crippen LogP contribution in [-0.2, 0) is 17.8 Å². The van der Waals surface area contributed by atoms with Crippen LogP contribution in [0.1, 0.15) is 51.3 Å². The number of ketones is 1. The Morgan fingerprint density at radius 1 is 1.44 bits per heavy atom. The van der Waals surface area contributed by atoms with E-state index in [1.165, 1.54) is 0 Å². The van der Waals surface area contributed by atoms with Crippen LogP contribution >= 0.6 is 0 Å². The molecule has 0 radical (unpaired) electrons. The molecule has 0 aliphatic heterocycles. The van der Waals surface area contributed by atoms with E-state index in [0.29, 0.717) is 12.8 Å². The van der Waals surface area contributed by atoms with E-state index < -0.39 is 5.60 Å². The Morgan fingerprint density at radius 2 is 2.17 bits per heavy atom. The Labute approximate surface area is 108 Å². The van der Waals surface area contributed by atoms with Crippen LogP contribution in [0.25, 0.3) is 0 Å². The second kappa shape index (κ2) is 5.65. The van der Waals surface area contributed by atoms with Crippen molar-refractivity contribution in [3.63, 3.8) is 0 Å². The van der Waals surface area contributed by atoms with E-state index in [1.54, 1.807) is 6.20 Å². The minimum absolute atomic E-state index is 0.0641. The molecule has 0 atom stereocenters. The summed E-state index contributed by atoms with van der Waals surface area (Å²) in [5.74, 6) is 0.714. The van der Waals surface area contributed by atoms with E-state index in [0.717, 1.165) is 38.1 Å². The molecule has 2 rings (SSSR count). The summed E-state index contributed by atoms with van der Waals surface area (Å²) in [6.45, 7) is 2.97. The molecule has 1 aliphatic rings. The molecule has 1 heterocycles. The quantitative estimate of drug-likeness (QED) is 0.870. The van der Waals surface area contributed by atoms with Gasteiger partial charge in [-0.25, -0.2) is 4.98 Å². The molecule has 1 aromatic rings. The molecular weight excluding hydrogens is 228 g/mol. The van der Waals surface area contributed by atoms with Crippen LogP contribution in [0, 0.1) is 0 Å². The lowest BCUT2D eigenvalue weighted by Crippen LogP contribution is -2.41. The normalized spacial score (nSPS) is 18.8. The first-order valence-corrected chi connectivity index (χ1v) is 6.91. The minimum atomic E-state index is -1.10. The van der Waals surface area contributed by atoms with Gasteiger partial charge >= 0.3 is 0 Å².